The molecular formula is C16H24N2O4S. The third kappa shape index (κ3) is 5.51. The van der Waals surface area contributed by atoms with Crippen molar-refractivity contribution in [1.29, 1.82) is 0 Å². The zero-order chi connectivity index (χ0) is 16.9. The van der Waals surface area contributed by atoms with Crippen LogP contribution in [0.5, 0.6) is 5.75 Å². The Balaban J connectivity index is 1.89. The van der Waals surface area contributed by atoms with Gasteiger partial charge in [0.15, 0.2) is 0 Å². The number of nitrogens with one attached hydrogen (secondary N) is 2. The minimum absolute atomic E-state index is 0.0230. The van der Waals surface area contributed by atoms with Crippen LogP contribution in [0.1, 0.15) is 39.5 Å². The maximum absolute atomic E-state index is 12.2. The average Bonchev–Trinajstić information content (AvgIpc) is 2.98. The molecule has 1 saturated carbocycles. The lowest BCUT2D eigenvalue weighted by molar-refractivity contribution is -0.120. The van der Waals surface area contributed by atoms with E-state index in [0.29, 0.717) is 5.75 Å². The lowest BCUT2D eigenvalue weighted by Crippen LogP contribution is -2.40. The van der Waals surface area contributed by atoms with Crippen LogP contribution >= 0.6 is 0 Å². The van der Waals surface area contributed by atoms with E-state index in [-0.39, 0.29) is 29.5 Å². The lowest BCUT2D eigenvalue weighted by atomic mass is 10.2. The summed E-state index contributed by atoms with van der Waals surface area (Å²) in [5, 5.41) is 2.85. The maximum Gasteiger partial charge on any atom is 0.241 e. The Morgan fingerprint density at radius 1 is 1.22 bits per heavy atom. The van der Waals surface area contributed by atoms with Crippen molar-refractivity contribution in [3.05, 3.63) is 24.3 Å². The van der Waals surface area contributed by atoms with Gasteiger partial charge in [-0.15, -0.1) is 0 Å². The van der Waals surface area contributed by atoms with E-state index in [1.54, 1.807) is 12.1 Å². The summed E-state index contributed by atoms with van der Waals surface area (Å²) in [6.45, 7) is 3.55. The van der Waals surface area contributed by atoms with E-state index in [2.05, 4.69) is 10.0 Å². The number of hydrogen-bond acceptors (Lipinski definition) is 4. The third-order valence-electron chi connectivity index (χ3n) is 3.65. The summed E-state index contributed by atoms with van der Waals surface area (Å²) < 4.78 is 32.2. The Morgan fingerprint density at radius 2 is 1.83 bits per heavy atom. The maximum atomic E-state index is 12.2. The van der Waals surface area contributed by atoms with Crippen LogP contribution in [0.25, 0.3) is 0 Å². The summed E-state index contributed by atoms with van der Waals surface area (Å²) in [5.41, 5.74) is 0. The van der Waals surface area contributed by atoms with Gasteiger partial charge in [0.2, 0.25) is 15.9 Å². The molecule has 6 nitrogen and oxygen atoms in total. The molecule has 1 aliphatic rings. The van der Waals surface area contributed by atoms with Crippen LogP contribution < -0.4 is 14.8 Å². The number of carbonyl (C=O) groups excluding carboxylic acids is 1. The van der Waals surface area contributed by atoms with Crippen molar-refractivity contribution in [1.82, 2.24) is 10.0 Å². The zero-order valence-electron chi connectivity index (χ0n) is 13.5. The molecule has 0 spiro atoms. The quantitative estimate of drug-likeness (QED) is 0.793. The van der Waals surface area contributed by atoms with E-state index in [1.807, 2.05) is 13.8 Å². The molecule has 23 heavy (non-hydrogen) atoms. The molecule has 128 valence electrons. The highest BCUT2D eigenvalue weighted by Gasteiger charge is 2.19. The topological polar surface area (TPSA) is 84.5 Å². The van der Waals surface area contributed by atoms with E-state index < -0.39 is 10.0 Å². The lowest BCUT2D eigenvalue weighted by Gasteiger charge is -2.13. The molecule has 0 saturated heterocycles. The molecule has 0 aliphatic heterocycles. The van der Waals surface area contributed by atoms with E-state index in [4.69, 9.17) is 4.74 Å². The Labute approximate surface area is 137 Å². The molecule has 0 bridgehead atoms. The summed E-state index contributed by atoms with van der Waals surface area (Å²) in [5.74, 6) is 0.318. The number of hydrogen-bond donors (Lipinski definition) is 2. The molecule has 7 heteroatoms. The standard InChI is InChI=1S/C16H24N2O4S/c1-12(2)22-14-7-9-15(10-8-14)23(20,21)17-11-16(19)18-13-5-3-4-6-13/h7-10,12-13,17H,3-6,11H2,1-2H3,(H,18,19). The molecule has 1 fully saturated rings. The van der Waals surface area contributed by atoms with Gasteiger partial charge in [-0.25, -0.2) is 13.1 Å². The van der Waals surface area contributed by atoms with Crippen molar-refractivity contribution in [3.8, 4) is 5.75 Å². The van der Waals surface area contributed by atoms with Gasteiger partial charge in [-0.05, 0) is 51.0 Å². The second-order valence-corrected chi connectivity index (χ2v) is 7.78. The van der Waals surface area contributed by atoms with Gasteiger partial charge in [-0.3, -0.25) is 4.79 Å². The fourth-order valence-corrected chi connectivity index (χ4v) is 3.54. The number of carbonyl (C=O) groups is 1. The zero-order valence-corrected chi connectivity index (χ0v) is 14.4. The van der Waals surface area contributed by atoms with Gasteiger partial charge in [0.05, 0.1) is 17.5 Å². The Bertz CT molecular complexity index is 620. The molecule has 0 heterocycles. The predicted molar refractivity (Wildman–Crippen MR) is 87.8 cm³/mol. The second-order valence-electron chi connectivity index (χ2n) is 6.01. The summed E-state index contributed by atoms with van der Waals surface area (Å²) in [7, 11) is -3.70. The number of sulfonamides is 1. The van der Waals surface area contributed by atoms with Crippen LogP contribution in [0.4, 0.5) is 0 Å². The molecule has 0 unspecified atom stereocenters. The molecule has 0 aromatic heterocycles. The van der Waals surface area contributed by atoms with Crippen molar-refractivity contribution < 1.29 is 17.9 Å². The molecule has 0 atom stereocenters. The highest BCUT2D eigenvalue weighted by molar-refractivity contribution is 7.89. The minimum atomic E-state index is -3.70. The highest BCUT2D eigenvalue weighted by atomic mass is 32.2. The molecule has 2 N–H and O–H groups in total. The molecule has 0 radical (unpaired) electrons. The van der Waals surface area contributed by atoms with Crippen molar-refractivity contribution in [2.24, 2.45) is 0 Å². The van der Waals surface area contributed by atoms with Crippen molar-refractivity contribution in [2.75, 3.05) is 6.54 Å². The largest absolute Gasteiger partial charge is 0.491 e. The predicted octanol–water partition coefficient (Wildman–Crippen LogP) is 1.81. The van der Waals surface area contributed by atoms with Crippen LogP contribution in [0.15, 0.2) is 29.2 Å². The fraction of sp³-hybridized carbons (Fsp3) is 0.562. The van der Waals surface area contributed by atoms with E-state index in [0.717, 1.165) is 25.7 Å². The highest BCUT2D eigenvalue weighted by Crippen LogP contribution is 2.18. The molecule has 1 aromatic carbocycles. The first-order chi connectivity index (χ1) is 10.9. The van der Waals surface area contributed by atoms with Crippen LogP contribution in [-0.2, 0) is 14.8 Å². The fourth-order valence-electron chi connectivity index (χ4n) is 2.56. The van der Waals surface area contributed by atoms with Gasteiger partial charge < -0.3 is 10.1 Å². The Morgan fingerprint density at radius 3 is 2.39 bits per heavy atom. The molecule has 1 aliphatic carbocycles. The van der Waals surface area contributed by atoms with E-state index >= 15 is 0 Å². The number of benzene rings is 1. The van der Waals surface area contributed by atoms with E-state index in [9.17, 15) is 13.2 Å². The first-order valence-electron chi connectivity index (χ1n) is 7.92. The van der Waals surface area contributed by atoms with Crippen molar-refractivity contribution in [2.45, 2.75) is 56.6 Å². The van der Waals surface area contributed by atoms with Gasteiger partial charge in [0, 0.05) is 6.04 Å². The Kier molecular flexibility index (Phi) is 6.01. The summed E-state index contributed by atoms with van der Waals surface area (Å²) >= 11 is 0. The number of ether oxygens (including phenoxy) is 1. The average molecular weight is 340 g/mol. The summed E-state index contributed by atoms with van der Waals surface area (Å²) in [6, 6.07) is 6.32. The van der Waals surface area contributed by atoms with Gasteiger partial charge >= 0.3 is 0 Å². The van der Waals surface area contributed by atoms with Crippen molar-refractivity contribution in [3.63, 3.8) is 0 Å². The summed E-state index contributed by atoms with van der Waals surface area (Å²) in [4.78, 5) is 11.9. The Hall–Kier alpha value is -1.60. The van der Waals surface area contributed by atoms with Crippen LogP contribution in [-0.4, -0.2) is 33.0 Å². The summed E-state index contributed by atoms with van der Waals surface area (Å²) in [6.07, 6.45) is 4.18. The smallest absolute Gasteiger partial charge is 0.241 e. The van der Waals surface area contributed by atoms with Crippen LogP contribution in [0.2, 0.25) is 0 Å². The van der Waals surface area contributed by atoms with Crippen LogP contribution in [0.3, 0.4) is 0 Å². The first-order valence-corrected chi connectivity index (χ1v) is 9.41. The minimum Gasteiger partial charge on any atom is -0.491 e. The number of rotatable bonds is 7. The van der Waals surface area contributed by atoms with E-state index in [1.165, 1.54) is 12.1 Å². The molecular weight excluding hydrogens is 316 g/mol. The molecule has 1 aromatic rings. The molecule has 2 rings (SSSR count). The van der Waals surface area contributed by atoms with Gasteiger partial charge in [-0.1, -0.05) is 12.8 Å². The van der Waals surface area contributed by atoms with Crippen LogP contribution in [0, 0.1) is 0 Å². The van der Waals surface area contributed by atoms with Gasteiger partial charge in [0.25, 0.3) is 0 Å². The monoisotopic (exact) mass is 340 g/mol. The normalized spacial score (nSPS) is 15.8. The van der Waals surface area contributed by atoms with Crippen molar-refractivity contribution >= 4 is 15.9 Å². The van der Waals surface area contributed by atoms with Gasteiger partial charge in [-0.2, -0.15) is 0 Å². The van der Waals surface area contributed by atoms with Gasteiger partial charge in [0.1, 0.15) is 5.75 Å². The SMILES string of the molecule is CC(C)Oc1ccc(S(=O)(=O)NCC(=O)NC2CCCC2)cc1. The second kappa shape index (κ2) is 7.79. The number of amides is 1. The first kappa shape index (κ1) is 17.7. The molecule has 1 amide bonds. The third-order valence-corrected chi connectivity index (χ3v) is 5.07.